The predicted octanol–water partition coefficient (Wildman–Crippen LogP) is 1.36. The summed E-state index contributed by atoms with van der Waals surface area (Å²) < 4.78 is 26.4. The maximum atomic E-state index is 12.4. The Morgan fingerprint density at radius 2 is 2.06 bits per heavy atom. The van der Waals surface area contributed by atoms with E-state index >= 15 is 0 Å². The summed E-state index contributed by atoms with van der Waals surface area (Å²) >= 11 is 5.70. The summed E-state index contributed by atoms with van der Waals surface area (Å²) in [4.78, 5) is 2.20. The molecule has 0 amide bonds. The van der Waals surface area contributed by atoms with Gasteiger partial charge in [-0.05, 0) is 33.4 Å². The average Bonchev–Trinajstić information content (AvgIpc) is 2.49. The van der Waals surface area contributed by atoms with Crippen molar-refractivity contribution >= 4 is 21.6 Å². The molecule has 1 fully saturated rings. The summed E-state index contributed by atoms with van der Waals surface area (Å²) in [6.07, 6.45) is 1.74. The summed E-state index contributed by atoms with van der Waals surface area (Å²) in [5.41, 5.74) is 0. The molecule has 0 N–H and O–H groups in total. The van der Waals surface area contributed by atoms with Crippen LogP contribution in [0.5, 0.6) is 0 Å². The van der Waals surface area contributed by atoms with Crippen molar-refractivity contribution in [2.24, 2.45) is 0 Å². The second-order valence-corrected chi connectivity index (χ2v) is 7.41. The molecule has 1 aliphatic heterocycles. The summed E-state index contributed by atoms with van der Waals surface area (Å²) in [7, 11) is -1.20. The second-order valence-electron chi connectivity index (χ2n) is 4.80. The second kappa shape index (κ2) is 6.36. The standard InChI is InChI=1S/C11H23ClN2O2S/c1-4-11-9-13(3)6-5-7-14(11)17(15,16)10(2)8-12/h10-11H,4-9H2,1-3H3. The first kappa shape index (κ1) is 15.2. The first-order valence-corrected chi connectivity index (χ1v) is 8.22. The van der Waals surface area contributed by atoms with Gasteiger partial charge in [0.15, 0.2) is 0 Å². The van der Waals surface area contributed by atoms with E-state index in [-0.39, 0.29) is 11.9 Å². The SMILES string of the molecule is CCC1CN(C)CCCN1S(=O)(=O)C(C)CCl. The van der Waals surface area contributed by atoms with Gasteiger partial charge in [-0.1, -0.05) is 6.92 Å². The average molecular weight is 283 g/mol. The van der Waals surface area contributed by atoms with Crippen molar-refractivity contribution in [3.8, 4) is 0 Å². The van der Waals surface area contributed by atoms with E-state index in [9.17, 15) is 8.42 Å². The van der Waals surface area contributed by atoms with Crippen molar-refractivity contribution in [2.45, 2.75) is 38.0 Å². The van der Waals surface area contributed by atoms with E-state index in [1.165, 1.54) is 0 Å². The van der Waals surface area contributed by atoms with Gasteiger partial charge in [-0.3, -0.25) is 0 Å². The molecule has 0 spiro atoms. The van der Waals surface area contributed by atoms with Crippen LogP contribution >= 0.6 is 11.6 Å². The predicted molar refractivity (Wildman–Crippen MR) is 72.0 cm³/mol. The van der Waals surface area contributed by atoms with Gasteiger partial charge < -0.3 is 4.90 Å². The molecule has 1 rings (SSSR count). The Morgan fingerprint density at radius 1 is 1.41 bits per heavy atom. The van der Waals surface area contributed by atoms with Gasteiger partial charge in [-0.2, -0.15) is 4.31 Å². The zero-order valence-electron chi connectivity index (χ0n) is 10.9. The van der Waals surface area contributed by atoms with Gasteiger partial charge in [-0.25, -0.2) is 8.42 Å². The maximum absolute atomic E-state index is 12.4. The summed E-state index contributed by atoms with van der Waals surface area (Å²) in [6, 6.07) is 0.0816. The van der Waals surface area contributed by atoms with Crippen LogP contribution in [0.15, 0.2) is 0 Å². The number of sulfonamides is 1. The highest BCUT2D eigenvalue weighted by molar-refractivity contribution is 7.89. The molecule has 102 valence electrons. The topological polar surface area (TPSA) is 40.6 Å². The quantitative estimate of drug-likeness (QED) is 0.731. The van der Waals surface area contributed by atoms with Crippen LogP contribution in [0.3, 0.4) is 0 Å². The van der Waals surface area contributed by atoms with Gasteiger partial charge >= 0.3 is 0 Å². The lowest BCUT2D eigenvalue weighted by molar-refractivity contribution is 0.269. The minimum absolute atomic E-state index is 0.0816. The van der Waals surface area contributed by atoms with Crippen LogP contribution < -0.4 is 0 Å². The fraction of sp³-hybridized carbons (Fsp3) is 1.00. The lowest BCUT2D eigenvalue weighted by Crippen LogP contribution is -2.47. The van der Waals surface area contributed by atoms with E-state index in [1.807, 2.05) is 14.0 Å². The molecule has 0 radical (unpaired) electrons. The van der Waals surface area contributed by atoms with E-state index in [1.54, 1.807) is 11.2 Å². The third-order valence-electron chi connectivity index (χ3n) is 3.37. The number of halogens is 1. The number of hydrogen-bond acceptors (Lipinski definition) is 3. The Hall–Kier alpha value is 0.160. The molecule has 1 heterocycles. The van der Waals surface area contributed by atoms with Gasteiger partial charge in [0.05, 0.1) is 5.25 Å². The van der Waals surface area contributed by atoms with Crippen LogP contribution in [0.25, 0.3) is 0 Å². The molecule has 6 heteroatoms. The fourth-order valence-corrected chi connectivity index (χ4v) is 4.31. The summed E-state index contributed by atoms with van der Waals surface area (Å²) in [5, 5.41) is -0.498. The molecule has 4 nitrogen and oxygen atoms in total. The van der Waals surface area contributed by atoms with Crippen LogP contribution in [-0.2, 0) is 10.0 Å². The molecular weight excluding hydrogens is 260 g/mol. The minimum atomic E-state index is -3.25. The minimum Gasteiger partial charge on any atom is -0.305 e. The first-order chi connectivity index (χ1) is 7.93. The van der Waals surface area contributed by atoms with Gasteiger partial charge in [0, 0.05) is 25.0 Å². The molecule has 0 aliphatic carbocycles. The highest BCUT2D eigenvalue weighted by Crippen LogP contribution is 2.20. The van der Waals surface area contributed by atoms with E-state index < -0.39 is 15.3 Å². The molecule has 2 unspecified atom stereocenters. The molecule has 0 saturated carbocycles. The molecule has 0 aromatic carbocycles. The lowest BCUT2D eigenvalue weighted by atomic mass is 10.2. The number of hydrogen-bond donors (Lipinski definition) is 0. The largest absolute Gasteiger partial charge is 0.305 e. The third-order valence-corrected chi connectivity index (χ3v) is 6.34. The van der Waals surface area contributed by atoms with E-state index in [0.29, 0.717) is 6.54 Å². The maximum Gasteiger partial charge on any atom is 0.218 e. The zero-order chi connectivity index (χ0) is 13.1. The Kier molecular flexibility index (Phi) is 5.70. The Morgan fingerprint density at radius 3 is 2.59 bits per heavy atom. The molecule has 17 heavy (non-hydrogen) atoms. The Bertz CT molecular complexity index is 334. The van der Waals surface area contributed by atoms with E-state index in [4.69, 9.17) is 11.6 Å². The normalized spacial score (nSPS) is 26.7. The number of alkyl halides is 1. The summed E-state index contributed by atoms with van der Waals surface area (Å²) in [6.45, 7) is 6.11. The van der Waals surface area contributed by atoms with Crippen LogP contribution in [0.1, 0.15) is 26.7 Å². The van der Waals surface area contributed by atoms with Crippen LogP contribution in [-0.4, -0.2) is 61.5 Å². The Balaban J connectivity index is 2.92. The zero-order valence-corrected chi connectivity index (χ0v) is 12.5. The van der Waals surface area contributed by atoms with Crippen molar-refractivity contribution in [3.63, 3.8) is 0 Å². The van der Waals surface area contributed by atoms with E-state index in [0.717, 1.165) is 25.9 Å². The number of likely N-dealkylation sites (N-methyl/N-ethyl adjacent to an activating group) is 1. The highest BCUT2D eigenvalue weighted by atomic mass is 35.5. The molecule has 0 aromatic rings. The van der Waals surface area contributed by atoms with Crippen molar-refractivity contribution in [1.29, 1.82) is 0 Å². The van der Waals surface area contributed by atoms with Crippen LogP contribution in [0, 0.1) is 0 Å². The molecule has 1 saturated heterocycles. The van der Waals surface area contributed by atoms with Crippen LogP contribution in [0.4, 0.5) is 0 Å². The Labute approximate surface area is 110 Å². The van der Waals surface area contributed by atoms with Crippen molar-refractivity contribution in [3.05, 3.63) is 0 Å². The molecule has 1 aliphatic rings. The molecular formula is C11H23ClN2O2S. The third kappa shape index (κ3) is 3.56. The fourth-order valence-electron chi connectivity index (χ4n) is 2.20. The van der Waals surface area contributed by atoms with Crippen molar-refractivity contribution < 1.29 is 8.42 Å². The highest BCUT2D eigenvalue weighted by Gasteiger charge is 2.34. The lowest BCUT2D eigenvalue weighted by Gasteiger charge is -2.31. The number of nitrogens with zero attached hydrogens (tertiary/aromatic N) is 2. The van der Waals surface area contributed by atoms with Crippen LogP contribution in [0.2, 0.25) is 0 Å². The van der Waals surface area contributed by atoms with Gasteiger partial charge in [-0.15, -0.1) is 11.6 Å². The van der Waals surface area contributed by atoms with Gasteiger partial charge in [0.1, 0.15) is 0 Å². The molecule has 2 atom stereocenters. The van der Waals surface area contributed by atoms with Gasteiger partial charge in [0.25, 0.3) is 0 Å². The monoisotopic (exact) mass is 282 g/mol. The molecule has 0 bridgehead atoms. The smallest absolute Gasteiger partial charge is 0.218 e. The number of rotatable bonds is 4. The first-order valence-electron chi connectivity index (χ1n) is 6.18. The summed E-state index contributed by atoms with van der Waals surface area (Å²) in [5.74, 6) is 0.158. The van der Waals surface area contributed by atoms with Crippen molar-refractivity contribution in [1.82, 2.24) is 9.21 Å². The molecule has 0 aromatic heterocycles. The van der Waals surface area contributed by atoms with E-state index in [2.05, 4.69) is 4.90 Å². The van der Waals surface area contributed by atoms with Crippen molar-refractivity contribution in [2.75, 3.05) is 32.6 Å². The van der Waals surface area contributed by atoms with Gasteiger partial charge in [0.2, 0.25) is 10.0 Å².